The van der Waals surface area contributed by atoms with Crippen LogP contribution in [0, 0.1) is 11.8 Å². The van der Waals surface area contributed by atoms with Gasteiger partial charge in [0.25, 0.3) is 0 Å². The Hall–Kier alpha value is -0.180. The van der Waals surface area contributed by atoms with E-state index in [-0.39, 0.29) is 0 Å². The van der Waals surface area contributed by atoms with Crippen LogP contribution in [0.3, 0.4) is 0 Å². The zero-order valence-corrected chi connectivity index (χ0v) is 13.4. The van der Waals surface area contributed by atoms with E-state index in [1.165, 1.54) is 30.6 Å². The van der Waals surface area contributed by atoms with E-state index in [1.54, 1.807) is 0 Å². The van der Waals surface area contributed by atoms with Crippen LogP contribution in [0.1, 0.15) is 32.6 Å². The van der Waals surface area contributed by atoms with E-state index in [9.17, 15) is 0 Å². The summed E-state index contributed by atoms with van der Waals surface area (Å²) in [4.78, 5) is 1.31. The Labute approximate surface area is 126 Å². The van der Waals surface area contributed by atoms with Crippen LogP contribution in [0.2, 0.25) is 5.02 Å². The minimum atomic E-state index is 0.628. The maximum atomic E-state index is 5.92. The third-order valence-corrected chi connectivity index (χ3v) is 5.54. The molecular formula is C16H24ClNS. The van der Waals surface area contributed by atoms with E-state index in [4.69, 9.17) is 11.6 Å². The van der Waals surface area contributed by atoms with Gasteiger partial charge in [0, 0.05) is 21.7 Å². The summed E-state index contributed by atoms with van der Waals surface area (Å²) in [5, 5.41) is 4.34. The predicted octanol–water partition coefficient (Wildman–Crippen LogP) is 4.85. The molecular weight excluding hydrogens is 274 g/mol. The van der Waals surface area contributed by atoms with Gasteiger partial charge in [-0.2, -0.15) is 0 Å². The molecule has 1 nitrogen and oxygen atoms in total. The van der Waals surface area contributed by atoms with Crippen molar-refractivity contribution in [2.75, 3.05) is 12.8 Å². The fourth-order valence-corrected chi connectivity index (χ4v) is 4.28. The van der Waals surface area contributed by atoms with Crippen LogP contribution in [-0.4, -0.2) is 18.8 Å². The summed E-state index contributed by atoms with van der Waals surface area (Å²) in [5.41, 5.74) is 0. The molecule has 0 aliphatic heterocycles. The summed E-state index contributed by atoms with van der Waals surface area (Å²) in [6, 6.07) is 8.80. The van der Waals surface area contributed by atoms with Gasteiger partial charge in [0.15, 0.2) is 0 Å². The van der Waals surface area contributed by atoms with E-state index in [0.29, 0.717) is 6.04 Å². The van der Waals surface area contributed by atoms with Crippen molar-refractivity contribution in [1.82, 2.24) is 5.32 Å². The van der Waals surface area contributed by atoms with Crippen molar-refractivity contribution in [3.8, 4) is 0 Å². The average Bonchev–Trinajstić information content (AvgIpc) is 2.42. The first-order valence-corrected chi connectivity index (χ1v) is 8.61. The van der Waals surface area contributed by atoms with Gasteiger partial charge >= 0.3 is 0 Å². The fourth-order valence-electron chi connectivity index (χ4n) is 3.02. The second-order valence-corrected chi connectivity index (χ2v) is 7.22. The topological polar surface area (TPSA) is 12.0 Å². The lowest BCUT2D eigenvalue weighted by Gasteiger charge is -2.33. The second-order valence-electron chi connectivity index (χ2n) is 5.69. The molecule has 106 valence electrons. The second kappa shape index (κ2) is 7.56. The van der Waals surface area contributed by atoms with Crippen LogP contribution in [-0.2, 0) is 0 Å². The summed E-state index contributed by atoms with van der Waals surface area (Å²) in [7, 11) is 2.10. The summed E-state index contributed by atoms with van der Waals surface area (Å²) >= 11 is 7.85. The monoisotopic (exact) mass is 297 g/mol. The molecule has 3 atom stereocenters. The SMILES string of the molecule is CNC(CSc1ccc(Cl)cc1)C1CCCC(C)C1. The molecule has 1 aromatic rings. The Bertz CT molecular complexity index is 379. The molecule has 1 aliphatic carbocycles. The van der Waals surface area contributed by atoms with Crippen LogP contribution in [0.15, 0.2) is 29.2 Å². The number of halogens is 1. The van der Waals surface area contributed by atoms with Gasteiger partial charge in [-0.05, 0) is 56.0 Å². The van der Waals surface area contributed by atoms with E-state index < -0.39 is 0 Å². The van der Waals surface area contributed by atoms with Crippen molar-refractivity contribution in [3.63, 3.8) is 0 Å². The van der Waals surface area contributed by atoms with Crippen molar-refractivity contribution in [3.05, 3.63) is 29.3 Å². The Morgan fingerprint density at radius 2 is 2.05 bits per heavy atom. The van der Waals surface area contributed by atoms with Crippen LogP contribution >= 0.6 is 23.4 Å². The number of thioether (sulfide) groups is 1. The molecule has 1 fully saturated rings. The van der Waals surface area contributed by atoms with Crippen molar-refractivity contribution in [2.45, 2.75) is 43.5 Å². The molecule has 0 heterocycles. The largest absolute Gasteiger partial charge is 0.316 e. The summed E-state index contributed by atoms with van der Waals surface area (Å²) in [5.74, 6) is 2.89. The van der Waals surface area contributed by atoms with Gasteiger partial charge in [0.05, 0.1) is 0 Å². The normalized spacial score (nSPS) is 25.2. The number of nitrogens with one attached hydrogen (secondary N) is 1. The molecule has 0 saturated heterocycles. The van der Waals surface area contributed by atoms with Gasteiger partial charge in [0.2, 0.25) is 0 Å². The highest BCUT2D eigenvalue weighted by Gasteiger charge is 2.25. The van der Waals surface area contributed by atoms with E-state index in [0.717, 1.165) is 22.6 Å². The maximum absolute atomic E-state index is 5.92. The lowest BCUT2D eigenvalue weighted by atomic mass is 9.79. The number of benzene rings is 1. The van der Waals surface area contributed by atoms with Crippen molar-refractivity contribution < 1.29 is 0 Å². The smallest absolute Gasteiger partial charge is 0.0406 e. The standard InChI is InChI=1S/C16H24ClNS/c1-12-4-3-5-13(10-12)16(18-2)11-19-15-8-6-14(17)7-9-15/h6-9,12-13,16,18H,3-5,10-11H2,1-2H3. The molecule has 1 aromatic carbocycles. The summed E-state index contributed by atoms with van der Waals surface area (Å²) in [6.07, 6.45) is 5.58. The molecule has 0 radical (unpaired) electrons. The Kier molecular flexibility index (Phi) is 6.06. The zero-order valence-electron chi connectivity index (χ0n) is 11.9. The van der Waals surface area contributed by atoms with E-state index in [2.05, 4.69) is 31.4 Å². The average molecular weight is 298 g/mol. The predicted molar refractivity (Wildman–Crippen MR) is 86.1 cm³/mol. The quantitative estimate of drug-likeness (QED) is 0.780. The highest BCUT2D eigenvalue weighted by molar-refractivity contribution is 7.99. The molecule has 0 aromatic heterocycles. The molecule has 3 unspecified atom stereocenters. The highest BCUT2D eigenvalue weighted by Crippen LogP contribution is 2.33. The number of hydrogen-bond acceptors (Lipinski definition) is 2. The molecule has 1 N–H and O–H groups in total. The number of rotatable bonds is 5. The van der Waals surface area contributed by atoms with Crippen LogP contribution in [0.25, 0.3) is 0 Å². The minimum absolute atomic E-state index is 0.628. The van der Waals surface area contributed by atoms with Crippen LogP contribution in [0.4, 0.5) is 0 Å². The Morgan fingerprint density at radius 1 is 1.32 bits per heavy atom. The third kappa shape index (κ3) is 4.70. The minimum Gasteiger partial charge on any atom is -0.316 e. The number of hydrogen-bond donors (Lipinski definition) is 1. The highest BCUT2D eigenvalue weighted by atomic mass is 35.5. The van der Waals surface area contributed by atoms with Gasteiger partial charge < -0.3 is 5.32 Å². The molecule has 0 spiro atoms. The zero-order chi connectivity index (χ0) is 13.7. The first-order chi connectivity index (χ1) is 9.19. The Balaban J connectivity index is 1.86. The van der Waals surface area contributed by atoms with Gasteiger partial charge in [-0.15, -0.1) is 11.8 Å². The summed E-state index contributed by atoms with van der Waals surface area (Å²) < 4.78 is 0. The first-order valence-electron chi connectivity index (χ1n) is 7.24. The third-order valence-electron chi connectivity index (χ3n) is 4.16. The van der Waals surface area contributed by atoms with Crippen LogP contribution < -0.4 is 5.32 Å². The molecule has 1 aliphatic rings. The van der Waals surface area contributed by atoms with Gasteiger partial charge in [0.1, 0.15) is 0 Å². The van der Waals surface area contributed by atoms with Crippen molar-refractivity contribution in [1.29, 1.82) is 0 Å². The molecule has 0 amide bonds. The van der Waals surface area contributed by atoms with E-state index in [1.807, 2.05) is 23.9 Å². The molecule has 3 heteroatoms. The van der Waals surface area contributed by atoms with Crippen molar-refractivity contribution in [2.24, 2.45) is 11.8 Å². The van der Waals surface area contributed by atoms with Gasteiger partial charge in [-0.3, -0.25) is 0 Å². The summed E-state index contributed by atoms with van der Waals surface area (Å²) in [6.45, 7) is 2.39. The van der Waals surface area contributed by atoms with Crippen molar-refractivity contribution >= 4 is 23.4 Å². The van der Waals surface area contributed by atoms with Crippen LogP contribution in [0.5, 0.6) is 0 Å². The lowest BCUT2D eigenvalue weighted by molar-refractivity contribution is 0.240. The molecule has 2 rings (SSSR count). The maximum Gasteiger partial charge on any atom is 0.0406 e. The Morgan fingerprint density at radius 3 is 2.68 bits per heavy atom. The van der Waals surface area contributed by atoms with E-state index >= 15 is 0 Å². The first kappa shape index (κ1) is 15.2. The molecule has 1 saturated carbocycles. The lowest BCUT2D eigenvalue weighted by Crippen LogP contribution is -2.38. The van der Waals surface area contributed by atoms with Gasteiger partial charge in [-0.25, -0.2) is 0 Å². The molecule has 19 heavy (non-hydrogen) atoms. The fraction of sp³-hybridized carbons (Fsp3) is 0.625. The molecule has 0 bridgehead atoms. The van der Waals surface area contributed by atoms with Gasteiger partial charge in [-0.1, -0.05) is 31.4 Å².